The van der Waals surface area contributed by atoms with Crippen molar-refractivity contribution in [3.05, 3.63) is 29.3 Å². The number of imide groups is 1. The van der Waals surface area contributed by atoms with Crippen LogP contribution in [0.2, 0.25) is 0 Å². The second kappa shape index (κ2) is 7.48. The molecule has 3 amide bonds. The van der Waals surface area contributed by atoms with Crippen LogP contribution in [-0.4, -0.2) is 57.3 Å². The van der Waals surface area contributed by atoms with Gasteiger partial charge >= 0.3 is 6.03 Å². The lowest BCUT2D eigenvalue weighted by Crippen LogP contribution is -2.73. The van der Waals surface area contributed by atoms with E-state index in [1.54, 1.807) is 12.1 Å². The van der Waals surface area contributed by atoms with Crippen LogP contribution in [0.25, 0.3) is 0 Å². The molecule has 1 aromatic carbocycles. The SMILES string of the molecule is Cc1ccc(O)cc1[C@]12CCN(CCC(C)C)[C@H](C)[C@]1(O)CC[C@@]1(C2)NC(=O)NC1=O. The van der Waals surface area contributed by atoms with E-state index in [1.165, 1.54) is 0 Å². The van der Waals surface area contributed by atoms with Crippen molar-refractivity contribution in [2.24, 2.45) is 5.92 Å². The predicted molar refractivity (Wildman–Crippen MR) is 118 cm³/mol. The molecule has 3 aliphatic rings. The number of aromatic hydroxyl groups is 1. The molecule has 170 valence electrons. The summed E-state index contributed by atoms with van der Waals surface area (Å²) in [6, 6.07) is 4.67. The van der Waals surface area contributed by atoms with Gasteiger partial charge in [-0.1, -0.05) is 19.9 Å². The van der Waals surface area contributed by atoms with Gasteiger partial charge in [0.05, 0.1) is 5.60 Å². The van der Waals surface area contributed by atoms with Gasteiger partial charge in [0.1, 0.15) is 11.3 Å². The van der Waals surface area contributed by atoms with Crippen LogP contribution >= 0.6 is 0 Å². The number of aryl methyl sites for hydroxylation is 1. The van der Waals surface area contributed by atoms with Crippen LogP contribution < -0.4 is 10.6 Å². The monoisotopic (exact) mass is 429 g/mol. The maximum absolute atomic E-state index is 12.9. The van der Waals surface area contributed by atoms with Gasteiger partial charge in [-0.05, 0) is 88.2 Å². The van der Waals surface area contributed by atoms with Crippen molar-refractivity contribution in [3.63, 3.8) is 0 Å². The third-order valence-electron chi connectivity index (χ3n) is 8.17. The van der Waals surface area contributed by atoms with Gasteiger partial charge in [-0.15, -0.1) is 0 Å². The molecule has 0 aromatic heterocycles. The van der Waals surface area contributed by atoms with Gasteiger partial charge in [-0.2, -0.15) is 0 Å². The molecule has 4 N–H and O–H groups in total. The number of piperidine rings is 1. The van der Waals surface area contributed by atoms with Crippen LogP contribution in [-0.2, 0) is 10.2 Å². The lowest BCUT2D eigenvalue weighted by Gasteiger charge is -2.63. The molecule has 0 radical (unpaired) electrons. The molecule has 1 aliphatic carbocycles. The molecule has 2 saturated heterocycles. The summed E-state index contributed by atoms with van der Waals surface area (Å²) in [5, 5.41) is 27.9. The van der Waals surface area contributed by atoms with Crippen molar-refractivity contribution in [3.8, 4) is 5.75 Å². The Balaban J connectivity index is 1.81. The van der Waals surface area contributed by atoms with Crippen molar-refractivity contribution in [1.82, 2.24) is 15.5 Å². The van der Waals surface area contributed by atoms with Gasteiger partial charge < -0.3 is 15.5 Å². The number of hydrogen-bond acceptors (Lipinski definition) is 5. The fraction of sp³-hybridized carbons (Fsp3) is 0.667. The average molecular weight is 430 g/mol. The number of fused-ring (bicyclic) bond motifs is 1. The van der Waals surface area contributed by atoms with Crippen LogP contribution in [0.3, 0.4) is 0 Å². The molecular formula is C24H35N3O4. The van der Waals surface area contributed by atoms with E-state index in [0.717, 1.165) is 30.6 Å². The third-order valence-corrected chi connectivity index (χ3v) is 8.17. The van der Waals surface area contributed by atoms with E-state index in [-0.39, 0.29) is 17.7 Å². The summed E-state index contributed by atoms with van der Waals surface area (Å²) in [5.41, 5.74) is -1.02. The molecule has 4 rings (SSSR count). The number of amides is 3. The highest BCUT2D eigenvalue weighted by Crippen LogP contribution is 2.57. The maximum atomic E-state index is 12.9. The first kappa shape index (κ1) is 22.1. The Morgan fingerprint density at radius 2 is 1.97 bits per heavy atom. The number of likely N-dealkylation sites (tertiary alicyclic amines) is 1. The Morgan fingerprint density at radius 3 is 2.61 bits per heavy atom. The molecule has 4 atom stereocenters. The highest BCUT2D eigenvalue weighted by Gasteiger charge is 2.66. The van der Waals surface area contributed by atoms with Gasteiger partial charge in [0, 0.05) is 11.5 Å². The fourth-order valence-electron chi connectivity index (χ4n) is 6.29. The Morgan fingerprint density at radius 1 is 1.23 bits per heavy atom. The topological polar surface area (TPSA) is 102 Å². The summed E-state index contributed by atoms with van der Waals surface area (Å²) in [7, 11) is 0. The number of aliphatic hydroxyl groups is 1. The van der Waals surface area contributed by atoms with E-state index in [0.29, 0.717) is 31.6 Å². The molecule has 7 nitrogen and oxygen atoms in total. The summed E-state index contributed by atoms with van der Waals surface area (Å²) in [4.78, 5) is 27.3. The normalized spacial score (nSPS) is 35.9. The number of rotatable bonds is 4. The number of hydrogen-bond donors (Lipinski definition) is 4. The number of nitrogens with zero attached hydrogens (tertiary/aromatic N) is 1. The molecular weight excluding hydrogens is 394 g/mol. The molecule has 31 heavy (non-hydrogen) atoms. The van der Waals surface area contributed by atoms with Crippen molar-refractivity contribution < 1.29 is 19.8 Å². The molecule has 1 aromatic rings. The summed E-state index contributed by atoms with van der Waals surface area (Å²) in [6.07, 6.45) is 2.82. The average Bonchev–Trinajstić information content (AvgIpc) is 2.97. The minimum atomic E-state index is -1.08. The van der Waals surface area contributed by atoms with E-state index in [9.17, 15) is 19.8 Å². The van der Waals surface area contributed by atoms with Gasteiger partial charge in [0.25, 0.3) is 5.91 Å². The first-order valence-electron chi connectivity index (χ1n) is 11.4. The Kier molecular flexibility index (Phi) is 5.33. The van der Waals surface area contributed by atoms with E-state index >= 15 is 0 Å². The van der Waals surface area contributed by atoms with E-state index in [2.05, 4.69) is 36.3 Å². The molecule has 0 unspecified atom stereocenters. The first-order valence-corrected chi connectivity index (χ1v) is 11.4. The number of phenolic OH excluding ortho intramolecular Hbond substituents is 1. The highest BCUT2D eigenvalue weighted by molar-refractivity contribution is 6.07. The zero-order chi connectivity index (χ0) is 22.6. The van der Waals surface area contributed by atoms with Crippen LogP contribution in [0.1, 0.15) is 64.0 Å². The van der Waals surface area contributed by atoms with E-state index < -0.39 is 22.6 Å². The number of nitrogens with one attached hydrogen (secondary N) is 2. The van der Waals surface area contributed by atoms with Gasteiger partial charge in [0.15, 0.2) is 0 Å². The standard InChI is InChI=1S/C24H35N3O4/c1-15(2)7-11-27-12-10-22(19-13-18(28)6-5-16(19)3)14-23(20(29)25-21(30)26-23)8-9-24(22,31)17(27)4/h5-6,13,15,17,28,31H,7-12,14H2,1-4H3,(H2,25,26,29,30)/t17-,22-,23+,24-/m1/s1. The lowest BCUT2D eigenvalue weighted by atomic mass is 9.49. The molecule has 0 bridgehead atoms. The molecule has 2 aliphatic heterocycles. The van der Waals surface area contributed by atoms with E-state index in [4.69, 9.17) is 0 Å². The number of benzene rings is 1. The lowest BCUT2D eigenvalue weighted by molar-refractivity contribution is -0.170. The van der Waals surface area contributed by atoms with Crippen molar-refractivity contribution in [2.75, 3.05) is 13.1 Å². The minimum absolute atomic E-state index is 0.112. The Bertz CT molecular complexity index is 903. The van der Waals surface area contributed by atoms with Crippen molar-refractivity contribution >= 4 is 11.9 Å². The van der Waals surface area contributed by atoms with Crippen molar-refractivity contribution in [2.45, 2.75) is 82.4 Å². The molecule has 3 fully saturated rings. The molecule has 1 saturated carbocycles. The molecule has 7 heteroatoms. The quantitative estimate of drug-likeness (QED) is 0.551. The summed E-state index contributed by atoms with van der Waals surface area (Å²) < 4.78 is 0. The second-order valence-corrected chi connectivity index (χ2v) is 10.3. The second-order valence-electron chi connectivity index (χ2n) is 10.3. The summed E-state index contributed by atoms with van der Waals surface area (Å²) >= 11 is 0. The van der Waals surface area contributed by atoms with E-state index in [1.807, 2.05) is 13.0 Å². The van der Waals surface area contributed by atoms with Crippen LogP contribution in [0.15, 0.2) is 18.2 Å². The zero-order valence-corrected chi connectivity index (χ0v) is 19.0. The maximum Gasteiger partial charge on any atom is 0.322 e. The minimum Gasteiger partial charge on any atom is -0.508 e. The summed E-state index contributed by atoms with van der Waals surface area (Å²) in [6.45, 7) is 10.2. The molecule has 1 spiro atoms. The predicted octanol–water partition coefficient (Wildman–Crippen LogP) is 2.57. The fourth-order valence-corrected chi connectivity index (χ4v) is 6.29. The number of phenols is 1. The number of carbonyl (C=O) groups excluding carboxylic acids is 2. The first-order chi connectivity index (χ1) is 14.5. The largest absolute Gasteiger partial charge is 0.508 e. The Hall–Kier alpha value is -2.12. The van der Waals surface area contributed by atoms with Crippen LogP contribution in [0.4, 0.5) is 4.79 Å². The van der Waals surface area contributed by atoms with Gasteiger partial charge in [0.2, 0.25) is 0 Å². The molecule has 2 heterocycles. The smallest absolute Gasteiger partial charge is 0.322 e. The van der Waals surface area contributed by atoms with Gasteiger partial charge in [-0.3, -0.25) is 15.0 Å². The van der Waals surface area contributed by atoms with Crippen LogP contribution in [0.5, 0.6) is 5.75 Å². The zero-order valence-electron chi connectivity index (χ0n) is 19.0. The summed E-state index contributed by atoms with van der Waals surface area (Å²) in [5.74, 6) is 0.409. The van der Waals surface area contributed by atoms with Crippen LogP contribution in [0, 0.1) is 12.8 Å². The van der Waals surface area contributed by atoms with Gasteiger partial charge in [-0.25, -0.2) is 4.79 Å². The number of urea groups is 1. The third kappa shape index (κ3) is 3.33. The Labute approximate surface area is 184 Å². The van der Waals surface area contributed by atoms with Crippen molar-refractivity contribution in [1.29, 1.82) is 0 Å². The highest BCUT2D eigenvalue weighted by atomic mass is 16.3. The number of carbonyl (C=O) groups is 2.